The zero-order valence-electron chi connectivity index (χ0n) is 16.7. The molecule has 0 saturated heterocycles. The van der Waals surface area contributed by atoms with Crippen LogP contribution in [0.3, 0.4) is 0 Å². The average Bonchev–Trinajstić information content (AvgIpc) is 3.20. The van der Waals surface area contributed by atoms with Gasteiger partial charge in [-0.3, -0.25) is 4.79 Å². The van der Waals surface area contributed by atoms with E-state index in [1.54, 1.807) is 18.2 Å². The van der Waals surface area contributed by atoms with Crippen LogP contribution in [0.1, 0.15) is 34.0 Å². The van der Waals surface area contributed by atoms with Gasteiger partial charge in [0.25, 0.3) is 5.91 Å². The van der Waals surface area contributed by atoms with Gasteiger partial charge in [0.2, 0.25) is 0 Å². The number of aromatic hydroxyl groups is 1. The zero-order valence-corrected chi connectivity index (χ0v) is 16.7. The summed E-state index contributed by atoms with van der Waals surface area (Å²) in [6.07, 6.45) is 1.51. The summed E-state index contributed by atoms with van der Waals surface area (Å²) < 4.78 is 5.36. The maximum atomic E-state index is 12.5. The fourth-order valence-electron chi connectivity index (χ4n) is 3.47. The number of hydrogen-bond acceptors (Lipinski definition) is 5. The number of phenols is 1. The summed E-state index contributed by atoms with van der Waals surface area (Å²) in [7, 11) is 0. The molecule has 152 valence electrons. The normalized spacial score (nSPS) is 12.8. The molecular weight excluding hydrogens is 378 g/mol. The number of hydrogen-bond donors (Lipinski definition) is 2. The molecule has 0 atom stereocenters. The molecule has 3 aromatic rings. The van der Waals surface area contributed by atoms with Gasteiger partial charge in [0.05, 0.1) is 12.8 Å². The minimum Gasteiger partial charge on any atom is -0.504 e. The molecule has 0 fully saturated rings. The molecule has 6 heteroatoms. The quantitative estimate of drug-likeness (QED) is 0.482. The minimum absolute atomic E-state index is 0.0684. The van der Waals surface area contributed by atoms with Crippen LogP contribution >= 0.6 is 0 Å². The van der Waals surface area contributed by atoms with Crippen LogP contribution in [0.4, 0.5) is 5.69 Å². The number of nitrogens with one attached hydrogen (secondary N) is 1. The average molecular weight is 401 g/mol. The topological polar surface area (TPSA) is 74.2 Å². The third kappa shape index (κ3) is 4.27. The van der Waals surface area contributed by atoms with Crippen LogP contribution in [0.5, 0.6) is 11.5 Å². The Morgan fingerprint density at radius 3 is 2.60 bits per heavy atom. The van der Waals surface area contributed by atoms with E-state index >= 15 is 0 Å². The molecule has 6 nitrogen and oxygen atoms in total. The van der Waals surface area contributed by atoms with Crippen molar-refractivity contribution in [1.82, 2.24) is 5.43 Å². The summed E-state index contributed by atoms with van der Waals surface area (Å²) in [5.74, 6) is 0.166. The Kier molecular flexibility index (Phi) is 5.66. The van der Waals surface area contributed by atoms with Crippen LogP contribution < -0.4 is 15.1 Å². The fraction of sp³-hybridized carbons (Fsp3) is 0.167. The van der Waals surface area contributed by atoms with E-state index < -0.39 is 0 Å². The van der Waals surface area contributed by atoms with Gasteiger partial charge in [0.15, 0.2) is 11.5 Å². The Morgan fingerprint density at radius 1 is 1.10 bits per heavy atom. The zero-order chi connectivity index (χ0) is 20.9. The number of hydrazone groups is 1. The van der Waals surface area contributed by atoms with Crippen molar-refractivity contribution in [1.29, 1.82) is 0 Å². The lowest BCUT2D eigenvalue weighted by Crippen LogP contribution is -2.19. The van der Waals surface area contributed by atoms with E-state index in [9.17, 15) is 9.90 Å². The number of ether oxygens (including phenoxy) is 1. The third-order valence-corrected chi connectivity index (χ3v) is 4.98. The number of rotatable bonds is 6. The van der Waals surface area contributed by atoms with Crippen molar-refractivity contribution in [3.63, 3.8) is 0 Å². The summed E-state index contributed by atoms with van der Waals surface area (Å²) in [4.78, 5) is 14.8. The molecule has 0 aliphatic carbocycles. The van der Waals surface area contributed by atoms with E-state index in [-0.39, 0.29) is 11.7 Å². The summed E-state index contributed by atoms with van der Waals surface area (Å²) in [5, 5.41) is 13.8. The van der Waals surface area contributed by atoms with Crippen LogP contribution in [0.15, 0.2) is 71.8 Å². The molecule has 1 heterocycles. The molecule has 0 spiro atoms. The third-order valence-electron chi connectivity index (χ3n) is 4.98. The van der Waals surface area contributed by atoms with Crippen LogP contribution in [0.25, 0.3) is 0 Å². The first-order valence-electron chi connectivity index (χ1n) is 9.85. The number of carbonyl (C=O) groups excluding carboxylic acids is 1. The second kappa shape index (κ2) is 8.69. The van der Waals surface area contributed by atoms with Gasteiger partial charge < -0.3 is 14.7 Å². The van der Waals surface area contributed by atoms with Gasteiger partial charge in [-0.15, -0.1) is 0 Å². The first-order chi connectivity index (χ1) is 14.6. The molecule has 1 aliphatic rings. The molecule has 30 heavy (non-hydrogen) atoms. The molecule has 0 bridgehead atoms. The lowest BCUT2D eigenvalue weighted by molar-refractivity contribution is 0.0955. The van der Waals surface area contributed by atoms with E-state index in [1.807, 2.05) is 25.1 Å². The Hall–Kier alpha value is -3.80. The number of nitrogens with zero attached hydrogens (tertiary/aromatic N) is 2. The number of benzene rings is 3. The van der Waals surface area contributed by atoms with E-state index in [0.29, 0.717) is 23.5 Å². The Bertz CT molecular complexity index is 1070. The maximum absolute atomic E-state index is 12.5. The molecule has 0 aromatic heterocycles. The highest BCUT2D eigenvalue weighted by Gasteiger charge is 2.19. The monoisotopic (exact) mass is 401 g/mol. The van der Waals surface area contributed by atoms with Crippen LogP contribution in [-0.2, 0) is 13.1 Å². The fourth-order valence-corrected chi connectivity index (χ4v) is 3.47. The van der Waals surface area contributed by atoms with E-state index in [0.717, 1.165) is 18.8 Å². The van der Waals surface area contributed by atoms with Crippen molar-refractivity contribution in [3.8, 4) is 11.5 Å². The standard InChI is InChI=1S/C24H23N3O3/c1-2-30-23-12-17(10-11-22(23)28)14-25-26-24(29)18-8-5-9-21(13-18)27-15-19-6-3-4-7-20(19)16-27/h3-14,28H,2,15-16H2,1H3,(H,26,29)/b25-14-. The molecule has 0 saturated carbocycles. The van der Waals surface area contributed by atoms with Crippen LogP contribution in [0.2, 0.25) is 0 Å². The van der Waals surface area contributed by atoms with E-state index in [4.69, 9.17) is 4.74 Å². The molecule has 1 amide bonds. The van der Waals surface area contributed by atoms with E-state index in [2.05, 4.69) is 39.7 Å². The molecule has 4 rings (SSSR count). The van der Waals surface area contributed by atoms with Crippen molar-refractivity contribution < 1.29 is 14.6 Å². The second-order valence-corrected chi connectivity index (χ2v) is 7.03. The number of anilines is 1. The maximum Gasteiger partial charge on any atom is 0.271 e. The molecule has 0 unspecified atom stereocenters. The lowest BCUT2D eigenvalue weighted by atomic mass is 10.1. The molecule has 2 N–H and O–H groups in total. The van der Waals surface area contributed by atoms with Gasteiger partial charge >= 0.3 is 0 Å². The van der Waals surface area contributed by atoms with Gasteiger partial charge in [0.1, 0.15) is 0 Å². The van der Waals surface area contributed by atoms with Gasteiger partial charge in [-0.1, -0.05) is 30.3 Å². The highest BCUT2D eigenvalue weighted by atomic mass is 16.5. The number of carbonyl (C=O) groups is 1. The van der Waals surface area contributed by atoms with Crippen molar-refractivity contribution in [2.24, 2.45) is 5.10 Å². The Morgan fingerprint density at radius 2 is 1.87 bits per heavy atom. The predicted octanol–water partition coefficient (Wildman–Crippen LogP) is 4.08. The van der Waals surface area contributed by atoms with Crippen molar-refractivity contribution in [3.05, 3.63) is 89.0 Å². The van der Waals surface area contributed by atoms with Crippen molar-refractivity contribution in [2.75, 3.05) is 11.5 Å². The van der Waals surface area contributed by atoms with Gasteiger partial charge in [-0.05, 0) is 60.0 Å². The van der Waals surface area contributed by atoms with Gasteiger partial charge in [-0.2, -0.15) is 5.10 Å². The smallest absolute Gasteiger partial charge is 0.271 e. The second-order valence-electron chi connectivity index (χ2n) is 7.03. The van der Waals surface area contributed by atoms with Gasteiger partial charge in [0, 0.05) is 24.3 Å². The SMILES string of the molecule is CCOc1cc(/C=N\NC(=O)c2cccc(N3Cc4ccccc4C3)c2)ccc1O. The largest absolute Gasteiger partial charge is 0.504 e. The minimum atomic E-state index is -0.284. The summed E-state index contributed by atoms with van der Waals surface area (Å²) in [6, 6.07) is 20.8. The highest BCUT2D eigenvalue weighted by Crippen LogP contribution is 2.28. The Balaban J connectivity index is 1.42. The number of fused-ring (bicyclic) bond motifs is 1. The van der Waals surface area contributed by atoms with Crippen molar-refractivity contribution >= 4 is 17.8 Å². The molecular formula is C24H23N3O3. The molecule has 3 aromatic carbocycles. The number of amides is 1. The Labute approximate surface area is 175 Å². The predicted molar refractivity (Wildman–Crippen MR) is 117 cm³/mol. The first kappa shape index (κ1) is 19.5. The summed E-state index contributed by atoms with van der Waals surface area (Å²) in [6.45, 7) is 3.96. The van der Waals surface area contributed by atoms with E-state index in [1.165, 1.54) is 23.4 Å². The highest BCUT2D eigenvalue weighted by molar-refractivity contribution is 5.95. The summed E-state index contributed by atoms with van der Waals surface area (Å²) >= 11 is 0. The first-order valence-corrected chi connectivity index (χ1v) is 9.85. The van der Waals surface area contributed by atoms with Crippen LogP contribution in [0, 0.1) is 0 Å². The molecule has 1 aliphatic heterocycles. The van der Waals surface area contributed by atoms with Crippen LogP contribution in [-0.4, -0.2) is 23.8 Å². The van der Waals surface area contributed by atoms with Gasteiger partial charge in [-0.25, -0.2) is 5.43 Å². The molecule has 0 radical (unpaired) electrons. The summed E-state index contributed by atoms with van der Waals surface area (Å²) in [5.41, 5.74) is 7.44. The van der Waals surface area contributed by atoms with Crippen molar-refractivity contribution in [2.45, 2.75) is 20.0 Å². The lowest BCUT2D eigenvalue weighted by Gasteiger charge is -2.18. The number of phenolic OH excluding ortho intramolecular Hbond substituents is 1.